The van der Waals surface area contributed by atoms with E-state index in [2.05, 4.69) is 20.5 Å². The summed E-state index contributed by atoms with van der Waals surface area (Å²) in [7, 11) is 1.49. The van der Waals surface area contributed by atoms with Crippen molar-refractivity contribution in [2.45, 2.75) is 38.2 Å². The molecule has 1 saturated carbocycles. The molecule has 2 N–H and O–H groups in total. The minimum atomic E-state index is -0.495. The molecule has 16 heavy (non-hydrogen) atoms. The summed E-state index contributed by atoms with van der Waals surface area (Å²) in [6.45, 7) is 1.68. The molecule has 1 aliphatic rings. The molecule has 6 nitrogen and oxygen atoms in total. The number of aromatic nitrogens is 3. The predicted molar refractivity (Wildman–Crippen MR) is 58.1 cm³/mol. The number of H-pyrrole nitrogens is 1. The normalized spacial score (nSPS) is 17.9. The molecule has 2 rings (SSSR count). The standard InChI is InChI=1S/C10H16N4O2/c1-6(16-2)9(15)12-10-11-8(13-14-10)7-4-3-5-7/h6-7H,3-5H2,1-2H3,(H2,11,12,13,14,15)/t6-/m0/s1. The average Bonchev–Trinajstić information content (AvgIpc) is 2.62. The lowest BCUT2D eigenvalue weighted by atomic mass is 9.85. The average molecular weight is 224 g/mol. The Labute approximate surface area is 93.8 Å². The Balaban J connectivity index is 1.94. The van der Waals surface area contributed by atoms with E-state index in [9.17, 15) is 4.79 Å². The molecule has 88 valence electrons. The molecule has 0 spiro atoms. The number of hydrogen-bond donors (Lipinski definition) is 2. The number of rotatable bonds is 4. The van der Waals surface area contributed by atoms with Crippen molar-refractivity contribution in [1.82, 2.24) is 15.2 Å². The second-order valence-electron chi connectivity index (χ2n) is 4.04. The van der Waals surface area contributed by atoms with Gasteiger partial charge < -0.3 is 4.74 Å². The molecular formula is C10H16N4O2. The monoisotopic (exact) mass is 224 g/mol. The zero-order valence-electron chi connectivity index (χ0n) is 9.49. The van der Waals surface area contributed by atoms with Gasteiger partial charge in [0.05, 0.1) is 0 Å². The number of methoxy groups -OCH3 is 1. The highest BCUT2D eigenvalue weighted by atomic mass is 16.5. The van der Waals surface area contributed by atoms with E-state index >= 15 is 0 Å². The molecular weight excluding hydrogens is 208 g/mol. The van der Waals surface area contributed by atoms with Gasteiger partial charge in [0.25, 0.3) is 5.91 Å². The number of hydrogen-bond acceptors (Lipinski definition) is 4. The Morgan fingerprint density at radius 2 is 2.38 bits per heavy atom. The van der Waals surface area contributed by atoms with Gasteiger partial charge in [-0.3, -0.25) is 15.2 Å². The Bertz CT molecular complexity index is 373. The molecule has 0 unspecified atom stereocenters. The zero-order chi connectivity index (χ0) is 11.5. The van der Waals surface area contributed by atoms with E-state index in [-0.39, 0.29) is 5.91 Å². The van der Waals surface area contributed by atoms with Crippen molar-refractivity contribution >= 4 is 11.9 Å². The molecule has 1 aromatic heterocycles. The van der Waals surface area contributed by atoms with Crippen LogP contribution in [0.5, 0.6) is 0 Å². The van der Waals surface area contributed by atoms with Crippen LogP contribution in [-0.4, -0.2) is 34.3 Å². The molecule has 1 aliphatic carbocycles. The quantitative estimate of drug-likeness (QED) is 0.801. The SMILES string of the molecule is CO[C@@H](C)C(=O)Nc1n[nH]c(C2CCC2)n1. The zero-order valence-corrected chi connectivity index (χ0v) is 9.49. The summed E-state index contributed by atoms with van der Waals surface area (Å²) in [5.41, 5.74) is 0. The highest BCUT2D eigenvalue weighted by Crippen LogP contribution is 2.34. The summed E-state index contributed by atoms with van der Waals surface area (Å²) in [5, 5.41) is 9.40. The third-order valence-corrected chi connectivity index (χ3v) is 2.95. The van der Waals surface area contributed by atoms with E-state index < -0.39 is 6.10 Å². The lowest BCUT2D eigenvalue weighted by Crippen LogP contribution is -2.27. The van der Waals surface area contributed by atoms with Gasteiger partial charge in [-0.1, -0.05) is 6.42 Å². The number of aromatic amines is 1. The van der Waals surface area contributed by atoms with E-state index in [0.29, 0.717) is 11.9 Å². The van der Waals surface area contributed by atoms with E-state index in [1.165, 1.54) is 13.5 Å². The van der Waals surface area contributed by atoms with Crippen molar-refractivity contribution < 1.29 is 9.53 Å². The highest BCUT2D eigenvalue weighted by molar-refractivity contribution is 5.92. The van der Waals surface area contributed by atoms with E-state index in [1.807, 2.05) is 0 Å². The Morgan fingerprint density at radius 3 is 2.94 bits per heavy atom. The molecule has 6 heteroatoms. The smallest absolute Gasteiger partial charge is 0.255 e. The summed E-state index contributed by atoms with van der Waals surface area (Å²) < 4.78 is 4.89. The van der Waals surface area contributed by atoms with Crippen LogP contribution in [0, 0.1) is 0 Å². The third-order valence-electron chi connectivity index (χ3n) is 2.95. The summed E-state index contributed by atoms with van der Waals surface area (Å²) in [6, 6.07) is 0. The predicted octanol–water partition coefficient (Wildman–Crippen LogP) is 1.05. The first-order chi connectivity index (χ1) is 7.70. The number of carbonyl (C=O) groups is 1. The minimum Gasteiger partial charge on any atom is -0.372 e. The van der Waals surface area contributed by atoms with Crippen LogP contribution >= 0.6 is 0 Å². The summed E-state index contributed by atoms with van der Waals surface area (Å²) >= 11 is 0. The van der Waals surface area contributed by atoms with Crippen LogP contribution in [0.4, 0.5) is 5.95 Å². The summed E-state index contributed by atoms with van der Waals surface area (Å²) in [6.07, 6.45) is 3.05. The molecule has 1 atom stereocenters. The van der Waals surface area contributed by atoms with Gasteiger partial charge in [0.15, 0.2) is 0 Å². The topological polar surface area (TPSA) is 79.9 Å². The first kappa shape index (κ1) is 11.1. The van der Waals surface area contributed by atoms with Gasteiger partial charge in [-0.15, -0.1) is 5.10 Å². The molecule has 1 fully saturated rings. The number of amides is 1. The van der Waals surface area contributed by atoms with Crippen molar-refractivity contribution in [2.75, 3.05) is 12.4 Å². The molecule has 1 amide bonds. The van der Waals surface area contributed by atoms with Gasteiger partial charge in [-0.05, 0) is 19.8 Å². The maximum Gasteiger partial charge on any atom is 0.255 e. The molecule has 0 aliphatic heterocycles. The second-order valence-corrected chi connectivity index (χ2v) is 4.04. The number of anilines is 1. The lowest BCUT2D eigenvalue weighted by molar-refractivity contribution is -0.124. The number of nitrogens with zero attached hydrogens (tertiary/aromatic N) is 2. The van der Waals surface area contributed by atoms with Crippen LogP contribution in [-0.2, 0) is 9.53 Å². The van der Waals surface area contributed by atoms with Gasteiger partial charge in [-0.2, -0.15) is 4.98 Å². The van der Waals surface area contributed by atoms with Crippen molar-refractivity contribution in [3.05, 3.63) is 5.82 Å². The van der Waals surface area contributed by atoms with Crippen LogP contribution < -0.4 is 5.32 Å². The largest absolute Gasteiger partial charge is 0.372 e. The third kappa shape index (κ3) is 2.21. The van der Waals surface area contributed by atoms with Crippen molar-refractivity contribution in [3.8, 4) is 0 Å². The Morgan fingerprint density at radius 1 is 1.62 bits per heavy atom. The van der Waals surface area contributed by atoms with Crippen LogP contribution in [0.15, 0.2) is 0 Å². The first-order valence-corrected chi connectivity index (χ1v) is 5.46. The molecule has 0 aromatic carbocycles. The molecule has 0 bridgehead atoms. The van der Waals surface area contributed by atoms with Gasteiger partial charge >= 0.3 is 0 Å². The Kier molecular flexibility index (Phi) is 3.19. The Hall–Kier alpha value is -1.43. The molecule has 0 saturated heterocycles. The van der Waals surface area contributed by atoms with Gasteiger partial charge in [-0.25, -0.2) is 0 Å². The van der Waals surface area contributed by atoms with E-state index in [4.69, 9.17) is 4.74 Å². The van der Waals surface area contributed by atoms with Crippen LogP contribution in [0.3, 0.4) is 0 Å². The maximum absolute atomic E-state index is 11.5. The molecule has 1 heterocycles. The van der Waals surface area contributed by atoms with E-state index in [0.717, 1.165) is 18.7 Å². The fourth-order valence-electron chi connectivity index (χ4n) is 1.51. The lowest BCUT2D eigenvalue weighted by Gasteiger charge is -2.22. The molecule has 0 radical (unpaired) electrons. The first-order valence-electron chi connectivity index (χ1n) is 5.46. The van der Waals surface area contributed by atoms with Crippen molar-refractivity contribution in [1.29, 1.82) is 0 Å². The van der Waals surface area contributed by atoms with Gasteiger partial charge in [0, 0.05) is 13.0 Å². The number of ether oxygens (including phenoxy) is 1. The van der Waals surface area contributed by atoms with Crippen molar-refractivity contribution in [2.24, 2.45) is 0 Å². The summed E-state index contributed by atoms with van der Waals surface area (Å²) in [5.74, 6) is 1.45. The number of nitrogens with one attached hydrogen (secondary N) is 2. The fraction of sp³-hybridized carbons (Fsp3) is 0.700. The summed E-state index contributed by atoms with van der Waals surface area (Å²) in [4.78, 5) is 15.7. The van der Waals surface area contributed by atoms with Crippen LogP contribution in [0.1, 0.15) is 37.9 Å². The minimum absolute atomic E-state index is 0.235. The fourth-order valence-corrected chi connectivity index (χ4v) is 1.51. The maximum atomic E-state index is 11.5. The highest BCUT2D eigenvalue weighted by Gasteiger charge is 2.23. The van der Waals surface area contributed by atoms with Crippen LogP contribution in [0.2, 0.25) is 0 Å². The number of carbonyl (C=O) groups excluding carboxylic acids is 1. The van der Waals surface area contributed by atoms with Gasteiger partial charge in [0.1, 0.15) is 11.9 Å². The molecule has 1 aromatic rings. The second kappa shape index (κ2) is 4.61. The van der Waals surface area contributed by atoms with E-state index in [1.54, 1.807) is 6.92 Å². The van der Waals surface area contributed by atoms with Gasteiger partial charge in [0.2, 0.25) is 5.95 Å². The van der Waals surface area contributed by atoms with Crippen LogP contribution in [0.25, 0.3) is 0 Å². The van der Waals surface area contributed by atoms with Crippen molar-refractivity contribution in [3.63, 3.8) is 0 Å².